The van der Waals surface area contributed by atoms with Gasteiger partial charge in [-0.25, -0.2) is 8.42 Å². The number of aryl methyl sites for hydroxylation is 1. The van der Waals surface area contributed by atoms with Crippen molar-refractivity contribution in [1.29, 1.82) is 0 Å². The highest BCUT2D eigenvalue weighted by Crippen LogP contribution is 2.31. The molecule has 1 aliphatic rings. The number of halogens is 2. The normalized spacial score (nSPS) is 14.5. The lowest BCUT2D eigenvalue weighted by atomic mass is 9.95. The molecule has 1 fully saturated rings. The number of ether oxygens (including phenoxy) is 1. The van der Waals surface area contributed by atoms with Gasteiger partial charge in [0.1, 0.15) is 18.3 Å². The van der Waals surface area contributed by atoms with E-state index in [9.17, 15) is 18.0 Å². The quantitative estimate of drug-likeness (QED) is 0.249. The Bertz CT molecular complexity index is 1530. The Morgan fingerprint density at radius 2 is 1.67 bits per heavy atom. The Labute approximate surface area is 267 Å². The first-order valence-corrected chi connectivity index (χ1v) is 16.9. The summed E-state index contributed by atoms with van der Waals surface area (Å²) in [7, 11) is -2.72. The zero-order valence-corrected chi connectivity index (χ0v) is 27.7. The molecule has 0 saturated heterocycles. The van der Waals surface area contributed by atoms with Gasteiger partial charge < -0.3 is 15.0 Å². The van der Waals surface area contributed by atoms with Crippen LogP contribution in [0.5, 0.6) is 5.75 Å². The molecule has 230 valence electrons. The van der Waals surface area contributed by atoms with Gasteiger partial charge in [0.2, 0.25) is 11.8 Å². The van der Waals surface area contributed by atoms with Crippen molar-refractivity contribution >= 4 is 55.1 Å². The summed E-state index contributed by atoms with van der Waals surface area (Å²) in [5.41, 5.74) is 2.03. The van der Waals surface area contributed by atoms with Crippen molar-refractivity contribution in [3.8, 4) is 5.75 Å². The van der Waals surface area contributed by atoms with E-state index in [0.29, 0.717) is 20.9 Å². The largest absolute Gasteiger partial charge is 0.496 e. The van der Waals surface area contributed by atoms with E-state index in [1.807, 2.05) is 6.92 Å². The summed E-state index contributed by atoms with van der Waals surface area (Å²) in [5, 5.41) is 3.66. The molecule has 0 unspecified atom stereocenters. The first-order chi connectivity index (χ1) is 20.5. The highest BCUT2D eigenvalue weighted by molar-refractivity contribution is 9.10. The van der Waals surface area contributed by atoms with Crippen molar-refractivity contribution in [3.63, 3.8) is 0 Å². The molecule has 3 aromatic carbocycles. The van der Waals surface area contributed by atoms with E-state index in [0.717, 1.165) is 47.5 Å². The van der Waals surface area contributed by atoms with E-state index < -0.39 is 28.5 Å². The first kappa shape index (κ1) is 32.8. The minimum atomic E-state index is -4.21. The number of anilines is 1. The van der Waals surface area contributed by atoms with Crippen LogP contribution < -0.4 is 14.4 Å². The molecule has 0 spiro atoms. The van der Waals surface area contributed by atoms with Crippen LogP contribution in [0.1, 0.15) is 50.2 Å². The molecule has 1 atom stereocenters. The number of benzene rings is 3. The van der Waals surface area contributed by atoms with Crippen LogP contribution >= 0.6 is 27.5 Å². The second kappa shape index (κ2) is 14.6. The number of nitrogens with one attached hydrogen (secondary N) is 1. The number of sulfonamides is 1. The Balaban J connectivity index is 1.68. The molecule has 1 aliphatic carbocycles. The maximum atomic E-state index is 14.1. The van der Waals surface area contributed by atoms with Crippen molar-refractivity contribution in [2.75, 3.05) is 18.0 Å². The summed E-state index contributed by atoms with van der Waals surface area (Å²) >= 11 is 9.46. The van der Waals surface area contributed by atoms with Crippen LogP contribution in [-0.4, -0.2) is 50.9 Å². The van der Waals surface area contributed by atoms with Gasteiger partial charge in [-0.3, -0.25) is 13.9 Å². The number of hydrogen-bond acceptors (Lipinski definition) is 5. The van der Waals surface area contributed by atoms with Gasteiger partial charge in [-0.1, -0.05) is 60.7 Å². The smallest absolute Gasteiger partial charge is 0.264 e. The van der Waals surface area contributed by atoms with Crippen LogP contribution in [-0.2, 0) is 26.2 Å². The lowest BCUT2D eigenvalue weighted by Gasteiger charge is -2.33. The average molecular weight is 691 g/mol. The lowest BCUT2D eigenvalue weighted by Crippen LogP contribution is -2.53. The number of amides is 2. The zero-order chi connectivity index (χ0) is 31.1. The van der Waals surface area contributed by atoms with Crippen LogP contribution in [0.2, 0.25) is 5.02 Å². The van der Waals surface area contributed by atoms with E-state index in [-0.39, 0.29) is 23.4 Å². The van der Waals surface area contributed by atoms with E-state index in [1.165, 1.54) is 24.1 Å². The molecule has 0 heterocycles. The fraction of sp³-hybridized carbons (Fsp3) is 0.375. The molecular formula is C32H37BrClN3O5S. The summed E-state index contributed by atoms with van der Waals surface area (Å²) in [6.07, 6.45) is 5.06. The predicted octanol–water partition coefficient (Wildman–Crippen LogP) is 6.48. The summed E-state index contributed by atoms with van der Waals surface area (Å²) in [6, 6.07) is 17.6. The topological polar surface area (TPSA) is 96.0 Å². The van der Waals surface area contributed by atoms with Gasteiger partial charge in [0.15, 0.2) is 0 Å². The zero-order valence-electron chi connectivity index (χ0n) is 24.6. The van der Waals surface area contributed by atoms with Gasteiger partial charge in [-0.05, 0) is 90.6 Å². The number of methoxy groups -OCH3 is 1. The molecule has 0 aliphatic heterocycles. The number of rotatable bonds is 11. The molecule has 11 heteroatoms. The average Bonchev–Trinajstić information content (AvgIpc) is 3.00. The highest BCUT2D eigenvalue weighted by atomic mass is 79.9. The third-order valence-corrected chi connectivity index (χ3v) is 10.3. The summed E-state index contributed by atoms with van der Waals surface area (Å²) in [6.45, 7) is 3.17. The van der Waals surface area contributed by atoms with Crippen molar-refractivity contribution in [1.82, 2.24) is 10.2 Å². The Kier molecular flexibility index (Phi) is 11.1. The number of carbonyl (C=O) groups is 2. The Morgan fingerprint density at radius 1 is 1.02 bits per heavy atom. The molecule has 1 saturated carbocycles. The van der Waals surface area contributed by atoms with Crippen LogP contribution in [0.15, 0.2) is 76.1 Å². The first-order valence-electron chi connectivity index (χ1n) is 14.3. The van der Waals surface area contributed by atoms with Crippen LogP contribution in [0.25, 0.3) is 0 Å². The van der Waals surface area contributed by atoms with Gasteiger partial charge in [-0.2, -0.15) is 0 Å². The van der Waals surface area contributed by atoms with Crippen molar-refractivity contribution in [3.05, 3.63) is 87.4 Å². The highest BCUT2D eigenvalue weighted by Gasteiger charge is 2.33. The Morgan fingerprint density at radius 3 is 2.28 bits per heavy atom. The molecule has 0 radical (unpaired) electrons. The molecule has 1 N–H and O–H groups in total. The number of carbonyl (C=O) groups excluding carboxylic acids is 2. The fourth-order valence-electron chi connectivity index (χ4n) is 5.11. The molecule has 0 aromatic heterocycles. The third-order valence-electron chi connectivity index (χ3n) is 7.70. The van der Waals surface area contributed by atoms with E-state index in [1.54, 1.807) is 61.5 Å². The van der Waals surface area contributed by atoms with Crippen LogP contribution in [0.4, 0.5) is 5.69 Å². The molecule has 8 nitrogen and oxygen atoms in total. The van der Waals surface area contributed by atoms with Gasteiger partial charge in [0.05, 0.1) is 22.2 Å². The Hall–Kier alpha value is -3.08. The van der Waals surface area contributed by atoms with Gasteiger partial charge in [0, 0.05) is 17.6 Å². The molecule has 43 heavy (non-hydrogen) atoms. The fourth-order valence-corrected chi connectivity index (χ4v) is 7.37. The van der Waals surface area contributed by atoms with Crippen molar-refractivity contribution < 1.29 is 22.7 Å². The van der Waals surface area contributed by atoms with Crippen LogP contribution in [0, 0.1) is 6.92 Å². The number of nitrogens with zero attached hydrogens (tertiary/aromatic N) is 2. The van der Waals surface area contributed by atoms with E-state index in [4.69, 9.17) is 16.3 Å². The summed E-state index contributed by atoms with van der Waals surface area (Å²) in [5.74, 6) is -0.306. The maximum absolute atomic E-state index is 14.1. The SMILES string of the molecule is COc1ccc(S(=O)(=O)N(CC(=O)N(Cc2ccc(Cl)cc2)[C@H](C)C(=O)NC2CCCCC2)c2ccc(C)cc2)cc1Br. The lowest BCUT2D eigenvalue weighted by molar-refractivity contribution is -0.139. The molecule has 4 rings (SSSR count). The minimum absolute atomic E-state index is 0.0131. The molecule has 2 amide bonds. The minimum Gasteiger partial charge on any atom is -0.496 e. The maximum Gasteiger partial charge on any atom is 0.264 e. The molecular weight excluding hydrogens is 654 g/mol. The summed E-state index contributed by atoms with van der Waals surface area (Å²) in [4.78, 5) is 29.0. The standard InChI is InChI=1S/C32H37BrClN3O5S/c1-22-9-15-27(16-10-22)37(43(40,41)28-17-18-30(42-3)29(33)19-28)21-31(38)36(20-24-11-13-25(34)14-12-24)23(2)32(39)35-26-7-5-4-6-8-26/h9-19,23,26H,4-8,20-21H2,1-3H3,(H,35,39)/t23-/m1/s1. The number of hydrogen-bond donors (Lipinski definition) is 1. The van der Waals surface area contributed by atoms with Gasteiger partial charge in [-0.15, -0.1) is 0 Å². The van der Waals surface area contributed by atoms with Gasteiger partial charge >= 0.3 is 0 Å². The van der Waals surface area contributed by atoms with E-state index in [2.05, 4.69) is 21.2 Å². The monoisotopic (exact) mass is 689 g/mol. The molecule has 3 aromatic rings. The van der Waals surface area contributed by atoms with Crippen molar-refractivity contribution in [2.24, 2.45) is 0 Å². The molecule has 0 bridgehead atoms. The van der Waals surface area contributed by atoms with Crippen molar-refractivity contribution in [2.45, 2.75) is 69.5 Å². The second-order valence-electron chi connectivity index (χ2n) is 10.8. The third kappa shape index (κ3) is 8.31. The van der Waals surface area contributed by atoms with E-state index >= 15 is 0 Å². The summed E-state index contributed by atoms with van der Waals surface area (Å²) < 4.78 is 35.0. The van der Waals surface area contributed by atoms with Crippen LogP contribution in [0.3, 0.4) is 0 Å². The predicted molar refractivity (Wildman–Crippen MR) is 173 cm³/mol. The van der Waals surface area contributed by atoms with Gasteiger partial charge in [0.25, 0.3) is 10.0 Å². The second-order valence-corrected chi connectivity index (χ2v) is 14.0.